The van der Waals surface area contributed by atoms with Crippen LogP contribution in [0.2, 0.25) is 0 Å². The van der Waals surface area contributed by atoms with Crippen LogP contribution in [-0.4, -0.2) is 44.3 Å². The van der Waals surface area contributed by atoms with Crippen molar-refractivity contribution in [1.29, 1.82) is 0 Å². The van der Waals surface area contributed by atoms with E-state index >= 15 is 0 Å². The fourth-order valence-corrected chi connectivity index (χ4v) is 2.75. The summed E-state index contributed by atoms with van der Waals surface area (Å²) in [5.41, 5.74) is 1.06. The fraction of sp³-hybridized carbons (Fsp3) is 0.412. The minimum Gasteiger partial charge on any atom is -0.337 e. The van der Waals surface area contributed by atoms with Gasteiger partial charge in [0.05, 0.1) is 11.9 Å². The van der Waals surface area contributed by atoms with Crippen LogP contribution in [0.1, 0.15) is 37.2 Å². The Kier molecular flexibility index (Phi) is 4.59. The number of pyridine rings is 1. The Hall–Kier alpha value is -2.70. The van der Waals surface area contributed by atoms with E-state index in [2.05, 4.69) is 22.2 Å². The number of piperidine rings is 1. The summed E-state index contributed by atoms with van der Waals surface area (Å²) in [5.74, 6) is 1.15. The molecule has 0 radical (unpaired) electrons. The van der Waals surface area contributed by atoms with Crippen molar-refractivity contribution in [2.45, 2.75) is 26.7 Å². The summed E-state index contributed by atoms with van der Waals surface area (Å²) in [7, 11) is 0. The standard InChI is InChI=1S/C17H21N5O2/c1-12-5-7-21(8-6-12)17(24)15-10-22(11-19-15)16-4-3-14(9-18-16)20-13(2)23/h3-4,9-12H,5-8H2,1-2H3,(H,20,23). The molecule has 2 amide bonds. The van der Waals surface area contributed by atoms with Crippen molar-refractivity contribution >= 4 is 17.5 Å². The van der Waals surface area contributed by atoms with Gasteiger partial charge in [-0.1, -0.05) is 6.92 Å². The third-order valence-corrected chi connectivity index (χ3v) is 4.21. The van der Waals surface area contributed by atoms with Gasteiger partial charge in [0.2, 0.25) is 5.91 Å². The molecule has 3 rings (SSSR count). The zero-order valence-corrected chi connectivity index (χ0v) is 13.9. The van der Waals surface area contributed by atoms with Gasteiger partial charge in [0.25, 0.3) is 5.91 Å². The monoisotopic (exact) mass is 327 g/mol. The van der Waals surface area contributed by atoms with E-state index in [4.69, 9.17) is 0 Å². The van der Waals surface area contributed by atoms with Gasteiger partial charge in [-0.15, -0.1) is 0 Å². The number of amides is 2. The number of hydrogen-bond acceptors (Lipinski definition) is 4. The highest BCUT2D eigenvalue weighted by Gasteiger charge is 2.23. The Morgan fingerprint density at radius 1 is 1.21 bits per heavy atom. The molecule has 1 aliphatic rings. The van der Waals surface area contributed by atoms with Crippen LogP contribution in [0, 0.1) is 5.92 Å². The average molecular weight is 327 g/mol. The molecule has 0 saturated carbocycles. The van der Waals surface area contributed by atoms with Crippen LogP contribution in [0.15, 0.2) is 30.9 Å². The Bertz CT molecular complexity index is 730. The molecule has 0 aromatic carbocycles. The number of hydrogen-bond donors (Lipinski definition) is 1. The number of nitrogens with zero attached hydrogens (tertiary/aromatic N) is 4. The molecule has 0 spiro atoms. The predicted octanol–water partition coefficient (Wildman–Crippen LogP) is 2.10. The number of nitrogens with one attached hydrogen (secondary N) is 1. The maximum Gasteiger partial charge on any atom is 0.274 e. The van der Waals surface area contributed by atoms with E-state index in [9.17, 15) is 9.59 Å². The van der Waals surface area contributed by atoms with Crippen molar-refractivity contribution in [2.24, 2.45) is 5.92 Å². The van der Waals surface area contributed by atoms with E-state index in [0.29, 0.717) is 23.1 Å². The fourth-order valence-electron chi connectivity index (χ4n) is 2.75. The van der Waals surface area contributed by atoms with Crippen LogP contribution < -0.4 is 5.32 Å². The first-order valence-corrected chi connectivity index (χ1v) is 8.10. The zero-order chi connectivity index (χ0) is 17.1. The molecule has 0 bridgehead atoms. The predicted molar refractivity (Wildman–Crippen MR) is 90.0 cm³/mol. The third kappa shape index (κ3) is 3.61. The maximum atomic E-state index is 12.5. The molecule has 0 atom stereocenters. The van der Waals surface area contributed by atoms with Crippen LogP contribution in [0.3, 0.4) is 0 Å². The van der Waals surface area contributed by atoms with E-state index in [1.54, 1.807) is 35.4 Å². The number of aromatic nitrogens is 3. The molecular formula is C17H21N5O2. The van der Waals surface area contributed by atoms with E-state index in [1.165, 1.54) is 6.92 Å². The second-order valence-electron chi connectivity index (χ2n) is 6.23. The molecule has 24 heavy (non-hydrogen) atoms. The van der Waals surface area contributed by atoms with Gasteiger partial charge in [0.1, 0.15) is 17.8 Å². The van der Waals surface area contributed by atoms with Gasteiger partial charge >= 0.3 is 0 Å². The normalized spacial score (nSPS) is 15.3. The van der Waals surface area contributed by atoms with Crippen molar-refractivity contribution in [3.8, 4) is 5.82 Å². The van der Waals surface area contributed by atoms with Gasteiger partial charge in [0, 0.05) is 26.2 Å². The van der Waals surface area contributed by atoms with Gasteiger partial charge < -0.3 is 10.2 Å². The molecule has 1 aliphatic heterocycles. The van der Waals surface area contributed by atoms with Crippen LogP contribution >= 0.6 is 0 Å². The van der Waals surface area contributed by atoms with Crippen molar-refractivity contribution in [1.82, 2.24) is 19.4 Å². The number of imidazole rings is 1. The molecule has 126 valence electrons. The second kappa shape index (κ2) is 6.82. The smallest absolute Gasteiger partial charge is 0.274 e. The van der Waals surface area contributed by atoms with Gasteiger partial charge in [-0.3, -0.25) is 14.2 Å². The number of carbonyl (C=O) groups is 2. The first-order valence-electron chi connectivity index (χ1n) is 8.10. The molecule has 7 heteroatoms. The van der Waals surface area contributed by atoms with Gasteiger partial charge in [-0.05, 0) is 30.9 Å². The van der Waals surface area contributed by atoms with Crippen LogP contribution in [0.5, 0.6) is 0 Å². The summed E-state index contributed by atoms with van der Waals surface area (Å²) in [6, 6.07) is 3.53. The van der Waals surface area contributed by atoms with E-state index in [-0.39, 0.29) is 11.8 Å². The average Bonchev–Trinajstić information content (AvgIpc) is 3.05. The third-order valence-electron chi connectivity index (χ3n) is 4.21. The van der Waals surface area contributed by atoms with Crippen molar-refractivity contribution in [3.05, 3.63) is 36.5 Å². The molecule has 0 unspecified atom stereocenters. The minimum absolute atomic E-state index is 0.0319. The molecule has 3 heterocycles. The van der Waals surface area contributed by atoms with Crippen molar-refractivity contribution in [2.75, 3.05) is 18.4 Å². The van der Waals surface area contributed by atoms with Gasteiger partial charge in [-0.25, -0.2) is 9.97 Å². The van der Waals surface area contributed by atoms with Gasteiger partial charge in [0.15, 0.2) is 0 Å². The molecule has 0 aliphatic carbocycles. The Balaban J connectivity index is 1.71. The van der Waals surface area contributed by atoms with Gasteiger partial charge in [-0.2, -0.15) is 0 Å². The quantitative estimate of drug-likeness (QED) is 0.936. The Labute approximate surface area is 140 Å². The van der Waals surface area contributed by atoms with E-state index in [0.717, 1.165) is 25.9 Å². The second-order valence-corrected chi connectivity index (χ2v) is 6.23. The zero-order valence-electron chi connectivity index (χ0n) is 13.9. The molecule has 2 aromatic rings. The number of likely N-dealkylation sites (tertiary alicyclic amines) is 1. The molecule has 2 aromatic heterocycles. The molecule has 7 nitrogen and oxygen atoms in total. The van der Waals surface area contributed by atoms with Crippen LogP contribution in [0.4, 0.5) is 5.69 Å². The summed E-state index contributed by atoms with van der Waals surface area (Å²) in [4.78, 5) is 33.9. The number of anilines is 1. The largest absolute Gasteiger partial charge is 0.337 e. The summed E-state index contributed by atoms with van der Waals surface area (Å²) in [6.07, 6.45) is 6.93. The number of carbonyl (C=O) groups excluding carboxylic acids is 2. The van der Waals surface area contributed by atoms with E-state index in [1.807, 2.05) is 4.90 Å². The lowest BCUT2D eigenvalue weighted by molar-refractivity contribution is -0.114. The minimum atomic E-state index is -0.143. The lowest BCUT2D eigenvalue weighted by Gasteiger charge is -2.29. The molecular weight excluding hydrogens is 306 g/mol. The molecule has 1 saturated heterocycles. The highest BCUT2D eigenvalue weighted by molar-refractivity contribution is 5.92. The molecule has 1 fully saturated rings. The lowest BCUT2D eigenvalue weighted by Crippen LogP contribution is -2.38. The van der Waals surface area contributed by atoms with Crippen molar-refractivity contribution in [3.63, 3.8) is 0 Å². The van der Waals surface area contributed by atoms with E-state index < -0.39 is 0 Å². The van der Waals surface area contributed by atoms with Crippen molar-refractivity contribution < 1.29 is 9.59 Å². The number of rotatable bonds is 3. The molecule has 1 N–H and O–H groups in total. The lowest BCUT2D eigenvalue weighted by atomic mass is 9.99. The highest BCUT2D eigenvalue weighted by atomic mass is 16.2. The maximum absolute atomic E-state index is 12.5. The Morgan fingerprint density at radius 2 is 1.96 bits per heavy atom. The summed E-state index contributed by atoms with van der Waals surface area (Å²) in [6.45, 7) is 5.24. The van der Waals surface area contributed by atoms with Crippen LogP contribution in [0.25, 0.3) is 5.82 Å². The summed E-state index contributed by atoms with van der Waals surface area (Å²) in [5, 5.41) is 2.67. The first kappa shape index (κ1) is 16.2. The Morgan fingerprint density at radius 3 is 2.58 bits per heavy atom. The SMILES string of the molecule is CC(=O)Nc1ccc(-n2cnc(C(=O)N3CCC(C)CC3)c2)nc1. The summed E-state index contributed by atoms with van der Waals surface area (Å²) >= 11 is 0. The summed E-state index contributed by atoms with van der Waals surface area (Å²) < 4.78 is 1.71. The van der Waals surface area contributed by atoms with Crippen LogP contribution in [-0.2, 0) is 4.79 Å². The highest BCUT2D eigenvalue weighted by Crippen LogP contribution is 2.18. The topological polar surface area (TPSA) is 80.1 Å². The first-order chi connectivity index (χ1) is 11.5.